The van der Waals surface area contributed by atoms with Gasteiger partial charge >= 0.3 is 12.4 Å². The lowest BCUT2D eigenvalue weighted by Gasteiger charge is -2.37. The number of halogens is 6. The van der Waals surface area contributed by atoms with Crippen molar-refractivity contribution in [1.29, 1.82) is 0 Å². The second-order valence-corrected chi connectivity index (χ2v) is 7.43. The highest BCUT2D eigenvalue weighted by molar-refractivity contribution is 5.57. The van der Waals surface area contributed by atoms with E-state index in [1.165, 1.54) is 6.92 Å². The first-order valence-corrected chi connectivity index (χ1v) is 9.53. The summed E-state index contributed by atoms with van der Waals surface area (Å²) in [7, 11) is 0. The quantitative estimate of drug-likeness (QED) is 0.430. The first-order chi connectivity index (χ1) is 14.5. The molecule has 1 saturated heterocycles. The van der Waals surface area contributed by atoms with Crippen LogP contribution in [-0.2, 0) is 26.6 Å². The molecule has 9 heteroatoms. The fourth-order valence-electron chi connectivity index (χ4n) is 3.74. The van der Waals surface area contributed by atoms with Crippen LogP contribution in [0, 0.1) is 5.92 Å². The van der Waals surface area contributed by atoms with E-state index in [-0.39, 0.29) is 24.8 Å². The van der Waals surface area contributed by atoms with Gasteiger partial charge in [-0.1, -0.05) is 30.3 Å². The Morgan fingerprint density at radius 3 is 2.06 bits per heavy atom. The van der Waals surface area contributed by atoms with Crippen molar-refractivity contribution in [3.8, 4) is 0 Å². The van der Waals surface area contributed by atoms with Gasteiger partial charge in [0, 0.05) is 11.8 Å². The second kappa shape index (κ2) is 9.00. The van der Waals surface area contributed by atoms with Crippen LogP contribution in [0.4, 0.5) is 26.3 Å². The summed E-state index contributed by atoms with van der Waals surface area (Å²) in [6, 6.07) is 10.3. The molecule has 0 aliphatic carbocycles. The van der Waals surface area contributed by atoms with Crippen LogP contribution in [0.2, 0.25) is 0 Å². The van der Waals surface area contributed by atoms with Gasteiger partial charge < -0.3 is 14.3 Å². The van der Waals surface area contributed by atoms with Gasteiger partial charge in [-0.15, -0.1) is 0 Å². The smallest absolute Gasteiger partial charge is 0.378 e. The van der Waals surface area contributed by atoms with Crippen molar-refractivity contribution in [3.05, 3.63) is 70.8 Å². The van der Waals surface area contributed by atoms with Gasteiger partial charge in [0.2, 0.25) is 0 Å². The highest BCUT2D eigenvalue weighted by Crippen LogP contribution is 2.40. The summed E-state index contributed by atoms with van der Waals surface area (Å²) >= 11 is 0. The molecule has 0 saturated carbocycles. The number of aldehydes is 1. The average molecular weight is 446 g/mol. The molecule has 4 atom stereocenters. The maximum atomic E-state index is 13.2. The Morgan fingerprint density at radius 1 is 0.968 bits per heavy atom. The maximum Gasteiger partial charge on any atom is 0.416 e. The van der Waals surface area contributed by atoms with Crippen LogP contribution in [0.5, 0.6) is 0 Å². The number of benzene rings is 2. The third-order valence-electron chi connectivity index (χ3n) is 5.27. The molecule has 0 bridgehead atoms. The van der Waals surface area contributed by atoms with Gasteiger partial charge in [0.15, 0.2) is 0 Å². The molecular formula is C22H20F6O3. The molecule has 31 heavy (non-hydrogen) atoms. The third kappa shape index (κ3) is 5.46. The molecule has 2 aromatic rings. The van der Waals surface area contributed by atoms with Crippen molar-refractivity contribution in [2.75, 3.05) is 13.2 Å². The van der Waals surface area contributed by atoms with E-state index in [1.807, 2.05) is 0 Å². The Bertz CT molecular complexity index is 862. The van der Waals surface area contributed by atoms with Crippen molar-refractivity contribution >= 4 is 6.29 Å². The molecule has 1 fully saturated rings. The minimum atomic E-state index is -4.95. The van der Waals surface area contributed by atoms with E-state index in [1.54, 1.807) is 30.3 Å². The number of ether oxygens (including phenoxy) is 2. The van der Waals surface area contributed by atoms with Gasteiger partial charge in [-0.05, 0) is 36.2 Å². The van der Waals surface area contributed by atoms with Crippen LogP contribution in [-0.4, -0.2) is 25.6 Å². The number of hydrogen-bond donors (Lipinski definition) is 0. The standard InChI is InChI=1S/C22H20F6O3/c1-13(15-7-17(21(23,24)25)9-18(8-15)22(26,27)28)31-19-12-30-11-16(10-29)20(19)14-5-3-2-4-6-14/h2-10,13,16,19-20H,11-12H2,1H3/t13-,16?,19-,20-/m1/s1. The predicted molar refractivity (Wildman–Crippen MR) is 99.3 cm³/mol. The second-order valence-electron chi connectivity index (χ2n) is 7.43. The van der Waals surface area contributed by atoms with E-state index in [9.17, 15) is 31.1 Å². The van der Waals surface area contributed by atoms with E-state index in [4.69, 9.17) is 9.47 Å². The topological polar surface area (TPSA) is 35.5 Å². The van der Waals surface area contributed by atoms with Crippen LogP contribution < -0.4 is 0 Å². The Kier molecular flexibility index (Phi) is 6.76. The Hall–Kier alpha value is -2.39. The Balaban J connectivity index is 1.93. The predicted octanol–water partition coefficient (Wildman–Crippen LogP) is 5.80. The van der Waals surface area contributed by atoms with Gasteiger partial charge in [0.05, 0.1) is 36.5 Å². The molecule has 1 aliphatic rings. The molecule has 0 radical (unpaired) electrons. The number of carbonyl (C=O) groups excluding carboxylic acids is 1. The lowest BCUT2D eigenvalue weighted by atomic mass is 9.81. The summed E-state index contributed by atoms with van der Waals surface area (Å²) in [5, 5.41) is 0. The minimum absolute atomic E-state index is 0.0549. The average Bonchev–Trinajstić information content (AvgIpc) is 2.72. The summed E-state index contributed by atoms with van der Waals surface area (Å²) in [4.78, 5) is 11.6. The van der Waals surface area contributed by atoms with Gasteiger partial charge in [-0.3, -0.25) is 0 Å². The van der Waals surface area contributed by atoms with Crippen molar-refractivity contribution in [3.63, 3.8) is 0 Å². The molecule has 0 amide bonds. The molecule has 2 aromatic carbocycles. The highest BCUT2D eigenvalue weighted by Gasteiger charge is 2.39. The molecular weight excluding hydrogens is 426 g/mol. The molecule has 0 spiro atoms. The molecule has 0 N–H and O–H groups in total. The summed E-state index contributed by atoms with van der Waals surface area (Å²) in [5.41, 5.74) is -2.29. The van der Waals surface area contributed by atoms with E-state index < -0.39 is 47.5 Å². The van der Waals surface area contributed by atoms with Gasteiger partial charge in [-0.2, -0.15) is 26.3 Å². The van der Waals surface area contributed by atoms with E-state index >= 15 is 0 Å². The summed E-state index contributed by atoms with van der Waals surface area (Å²) in [6.45, 7) is 1.58. The first kappa shape index (κ1) is 23.3. The van der Waals surface area contributed by atoms with Crippen molar-refractivity contribution in [2.24, 2.45) is 5.92 Å². The molecule has 3 rings (SSSR count). The van der Waals surface area contributed by atoms with Crippen LogP contribution in [0.25, 0.3) is 0 Å². The van der Waals surface area contributed by atoms with Crippen LogP contribution in [0.15, 0.2) is 48.5 Å². The fourth-order valence-corrected chi connectivity index (χ4v) is 3.74. The number of hydrogen-bond acceptors (Lipinski definition) is 3. The zero-order valence-electron chi connectivity index (χ0n) is 16.4. The van der Waals surface area contributed by atoms with Crippen molar-refractivity contribution in [2.45, 2.75) is 37.4 Å². The van der Waals surface area contributed by atoms with Crippen LogP contribution in [0.1, 0.15) is 41.2 Å². The molecule has 168 valence electrons. The maximum absolute atomic E-state index is 13.2. The molecule has 1 heterocycles. The molecule has 1 aliphatic heterocycles. The molecule has 3 nitrogen and oxygen atoms in total. The van der Waals surface area contributed by atoms with Crippen molar-refractivity contribution in [1.82, 2.24) is 0 Å². The fraction of sp³-hybridized carbons (Fsp3) is 0.409. The third-order valence-corrected chi connectivity index (χ3v) is 5.27. The monoisotopic (exact) mass is 446 g/mol. The van der Waals surface area contributed by atoms with E-state index in [0.29, 0.717) is 12.1 Å². The normalized spacial score (nSPS) is 23.4. The highest BCUT2D eigenvalue weighted by atomic mass is 19.4. The molecule has 0 aromatic heterocycles. The largest absolute Gasteiger partial charge is 0.416 e. The van der Waals surface area contributed by atoms with Crippen molar-refractivity contribution < 1.29 is 40.6 Å². The number of alkyl halides is 6. The first-order valence-electron chi connectivity index (χ1n) is 9.53. The zero-order valence-corrected chi connectivity index (χ0v) is 16.4. The summed E-state index contributed by atoms with van der Waals surface area (Å²) in [5.74, 6) is -0.997. The summed E-state index contributed by atoms with van der Waals surface area (Å²) in [6.07, 6.45) is -11.0. The summed E-state index contributed by atoms with van der Waals surface area (Å²) < 4.78 is 90.3. The SMILES string of the molecule is C[C@@H](O[C@@H]1COCC(C=O)[C@H]1c1ccccc1)c1cc(C(F)(F)F)cc(C(F)(F)F)c1. The van der Waals surface area contributed by atoms with Gasteiger partial charge in [0.1, 0.15) is 6.29 Å². The number of rotatable bonds is 5. The molecule has 1 unspecified atom stereocenters. The Morgan fingerprint density at radius 2 is 1.55 bits per heavy atom. The van der Waals surface area contributed by atoms with Crippen LogP contribution in [0.3, 0.4) is 0 Å². The van der Waals surface area contributed by atoms with Crippen LogP contribution >= 0.6 is 0 Å². The zero-order chi connectivity index (χ0) is 22.8. The Labute approximate surface area is 175 Å². The lowest BCUT2D eigenvalue weighted by molar-refractivity contribution is -0.144. The lowest BCUT2D eigenvalue weighted by Crippen LogP contribution is -2.40. The van der Waals surface area contributed by atoms with E-state index in [0.717, 1.165) is 11.8 Å². The van der Waals surface area contributed by atoms with Gasteiger partial charge in [-0.25, -0.2) is 0 Å². The van der Waals surface area contributed by atoms with E-state index in [2.05, 4.69) is 0 Å². The number of carbonyl (C=O) groups is 1. The van der Waals surface area contributed by atoms with Gasteiger partial charge in [0.25, 0.3) is 0 Å². The minimum Gasteiger partial charge on any atom is -0.378 e.